The summed E-state index contributed by atoms with van der Waals surface area (Å²) in [7, 11) is 0. The Hall–Kier alpha value is -2.10. The minimum absolute atomic E-state index is 0.0432. The van der Waals surface area contributed by atoms with Gasteiger partial charge < -0.3 is 19.9 Å². The van der Waals surface area contributed by atoms with E-state index in [0.29, 0.717) is 13.0 Å². The molecule has 0 aliphatic carbocycles. The van der Waals surface area contributed by atoms with Crippen LogP contribution >= 0.6 is 0 Å². The smallest absolute Gasteiger partial charge is 0.372 e. The first-order chi connectivity index (χ1) is 12.5. The van der Waals surface area contributed by atoms with Crippen LogP contribution in [0.2, 0.25) is 0 Å². The Bertz CT molecular complexity index is 547. The second kappa shape index (κ2) is 10.1. The summed E-state index contributed by atoms with van der Waals surface area (Å²) in [5.41, 5.74) is 0. The van der Waals surface area contributed by atoms with Gasteiger partial charge in [-0.3, -0.25) is 4.99 Å². The lowest BCUT2D eigenvalue weighted by Gasteiger charge is -2.36. The Morgan fingerprint density at radius 3 is 2.54 bits per heavy atom. The maximum Gasteiger partial charge on any atom is 0.411 e. The first-order valence-corrected chi connectivity index (χ1v) is 8.69. The largest absolute Gasteiger partial charge is 0.411 e. The molecule has 0 bridgehead atoms. The normalized spacial score (nSPS) is 16.1. The van der Waals surface area contributed by atoms with Gasteiger partial charge in [0, 0.05) is 58.3 Å². The summed E-state index contributed by atoms with van der Waals surface area (Å²) in [6, 6.07) is 1.79. The summed E-state index contributed by atoms with van der Waals surface area (Å²) in [4.78, 5) is 17.3. The fourth-order valence-corrected chi connectivity index (χ4v) is 2.54. The molecule has 1 fully saturated rings. The second-order valence-electron chi connectivity index (χ2n) is 5.78. The zero-order valence-corrected chi connectivity index (χ0v) is 14.9. The van der Waals surface area contributed by atoms with Crippen molar-refractivity contribution in [2.24, 2.45) is 4.99 Å². The molecule has 0 aromatic carbocycles. The van der Waals surface area contributed by atoms with Crippen LogP contribution in [0.3, 0.4) is 0 Å². The number of piperazine rings is 1. The topological polar surface area (TPSA) is 65.9 Å². The number of alkyl halides is 3. The predicted octanol–water partition coefficient (Wildman–Crippen LogP) is 1.53. The molecule has 0 saturated carbocycles. The van der Waals surface area contributed by atoms with Crippen LogP contribution in [0.5, 0.6) is 0 Å². The first-order valence-electron chi connectivity index (χ1n) is 8.69. The van der Waals surface area contributed by atoms with E-state index in [9.17, 15) is 13.2 Å². The average Bonchev–Trinajstić information content (AvgIpc) is 2.64. The van der Waals surface area contributed by atoms with E-state index in [2.05, 4.69) is 34.8 Å². The molecule has 146 valence electrons. The molecule has 0 atom stereocenters. The molecule has 1 saturated heterocycles. The van der Waals surface area contributed by atoms with E-state index in [1.54, 1.807) is 18.5 Å². The van der Waals surface area contributed by atoms with Crippen LogP contribution < -0.4 is 10.2 Å². The highest BCUT2D eigenvalue weighted by molar-refractivity contribution is 5.80. The van der Waals surface area contributed by atoms with Crippen LogP contribution in [0.15, 0.2) is 23.5 Å². The number of ether oxygens (including phenoxy) is 1. The monoisotopic (exact) mass is 374 g/mol. The number of guanidine groups is 1. The number of nitrogens with zero attached hydrogens (tertiary/aromatic N) is 5. The van der Waals surface area contributed by atoms with E-state index in [1.165, 1.54) is 0 Å². The molecule has 2 heterocycles. The van der Waals surface area contributed by atoms with Crippen molar-refractivity contribution in [3.05, 3.63) is 18.5 Å². The molecule has 1 aliphatic heterocycles. The van der Waals surface area contributed by atoms with Gasteiger partial charge in [-0.05, 0) is 19.4 Å². The maximum absolute atomic E-state index is 12.0. The Kier molecular flexibility index (Phi) is 7.89. The summed E-state index contributed by atoms with van der Waals surface area (Å²) >= 11 is 0. The molecule has 0 unspecified atom stereocenters. The van der Waals surface area contributed by atoms with Crippen molar-refractivity contribution < 1.29 is 17.9 Å². The summed E-state index contributed by atoms with van der Waals surface area (Å²) in [5, 5.41) is 3.23. The molecular formula is C16H25F3N6O. The molecule has 1 aromatic heterocycles. The zero-order chi connectivity index (χ0) is 18.8. The fraction of sp³-hybridized carbons (Fsp3) is 0.688. The standard InChI is InChI=1S/C16H25F3N6O/c1-2-20-14(23-7-4-12-26-13-16(17,18)19)24-8-10-25(11-9-24)15-21-5-3-6-22-15/h3,5-6H,2,4,7-13H2,1H3,(H,20,23). The van der Waals surface area contributed by atoms with E-state index < -0.39 is 12.8 Å². The van der Waals surface area contributed by atoms with Gasteiger partial charge in [-0.25, -0.2) is 9.97 Å². The zero-order valence-electron chi connectivity index (χ0n) is 14.9. The van der Waals surface area contributed by atoms with Gasteiger partial charge in [0.15, 0.2) is 5.96 Å². The van der Waals surface area contributed by atoms with E-state index >= 15 is 0 Å². The highest BCUT2D eigenvalue weighted by Gasteiger charge is 2.27. The van der Waals surface area contributed by atoms with Gasteiger partial charge in [-0.15, -0.1) is 0 Å². The summed E-state index contributed by atoms with van der Waals surface area (Å²) in [5.74, 6) is 1.49. The van der Waals surface area contributed by atoms with Crippen molar-refractivity contribution >= 4 is 11.9 Å². The molecule has 0 radical (unpaired) electrons. The quantitative estimate of drug-likeness (QED) is 0.444. The number of anilines is 1. The Balaban J connectivity index is 1.76. The van der Waals surface area contributed by atoms with Gasteiger partial charge in [-0.2, -0.15) is 13.2 Å². The van der Waals surface area contributed by atoms with Crippen molar-refractivity contribution in [3.8, 4) is 0 Å². The van der Waals surface area contributed by atoms with Crippen molar-refractivity contribution in [2.75, 3.05) is 57.4 Å². The van der Waals surface area contributed by atoms with E-state index in [0.717, 1.165) is 44.6 Å². The molecule has 0 amide bonds. The highest BCUT2D eigenvalue weighted by atomic mass is 19.4. The van der Waals surface area contributed by atoms with Gasteiger partial charge in [0.05, 0.1) is 0 Å². The molecule has 26 heavy (non-hydrogen) atoms. The lowest BCUT2D eigenvalue weighted by Crippen LogP contribution is -2.53. The number of hydrogen-bond donors (Lipinski definition) is 1. The van der Waals surface area contributed by atoms with Crippen molar-refractivity contribution in [1.29, 1.82) is 0 Å². The Morgan fingerprint density at radius 2 is 1.92 bits per heavy atom. The van der Waals surface area contributed by atoms with Crippen LogP contribution in [0.25, 0.3) is 0 Å². The SMILES string of the molecule is CCNC(=NCCCOCC(F)(F)F)N1CCN(c2ncccn2)CC1. The van der Waals surface area contributed by atoms with Gasteiger partial charge in [0.1, 0.15) is 6.61 Å². The number of halogens is 3. The maximum atomic E-state index is 12.0. The second-order valence-corrected chi connectivity index (χ2v) is 5.78. The molecule has 1 N–H and O–H groups in total. The number of nitrogens with one attached hydrogen (secondary N) is 1. The van der Waals surface area contributed by atoms with E-state index in [1.807, 2.05) is 6.92 Å². The lowest BCUT2D eigenvalue weighted by molar-refractivity contribution is -0.173. The summed E-state index contributed by atoms with van der Waals surface area (Å²) < 4.78 is 40.6. The van der Waals surface area contributed by atoms with Gasteiger partial charge in [0.25, 0.3) is 0 Å². The van der Waals surface area contributed by atoms with Crippen LogP contribution in [-0.2, 0) is 4.74 Å². The number of aliphatic imine (C=N–C) groups is 1. The van der Waals surface area contributed by atoms with Crippen molar-refractivity contribution in [1.82, 2.24) is 20.2 Å². The third kappa shape index (κ3) is 7.03. The minimum Gasteiger partial charge on any atom is -0.372 e. The number of aromatic nitrogens is 2. The Morgan fingerprint density at radius 1 is 1.23 bits per heavy atom. The molecule has 10 heteroatoms. The van der Waals surface area contributed by atoms with E-state index in [4.69, 9.17) is 0 Å². The molecular weight excluding hydrogens is 349 g/mol. The molecule has 7 nitrogen and oxygen atoms in total. The third-order valence-electron chi connectivity index (χ3n) is 3.72. The minimum atomic E-state index is -4.28. The van der Waals surface area contributed by atoms with Crippen LogP contribution in [0.1, 0.15) is 13.3 Å². The Labute approximate surface area is 151 Å². The highest BCUT2D eigenvalue weighted by Crippen LogP contribution is 2.14. The predicted molar refractivity (Wildman–Crippen MR) is 93.3 cm³/mol. The first kappa shape index (κ1) is 20.2. The fourth-order valence-electron chi connectivity index (χ4n) is 2.54. The summed E-state index contributed by atoms with van der Waals surface area (Å²) in [6.45, 7) is 5.07. The van der Waals surface area contributed by atoms with Crippen LogP contribution in [0.4, 0.5) is 19.1 Å². The van der Waals surface area contributed by atoms with Gasteiger partial charge in [-0.1, -0.05) is 0 Å². The van der Waals surface area contributed by atoms with Crippen LogP contribution in [0, 0.1) is 0 Å². The summed E-state index contributed by atoms with van der Waals surface area (Å²) in [6.07, 6.45) is -0.384. The van der Waals surface area contributed by atoms with Gasteiger partial charge >= 0.3 is 6.18 Å². The molecule has 0 spiro atoms. The number of hydrogen-bond acceptors (Lipinski definition) is 5. The third-order valence-corrected chi connectivity index (χ3v) is 3.72. The van der Waals surface area contributed by atoms with Crippen molar-refractivity contribution in [3.63, 3.8) is 0 Å². The average molecular weight is 374 g/mol. The molecule has 1 aromatic rings. The lowest BCUT2D eigenvalue weighted by atomic mass is 10.3. The van der Waals surface area contributed by atoms with Crippen LogP contribution in [-0.4, -0.2) is 79.5 Å². The molecule has 1 aliphatic rings. The van der Waals surface area contributed by atoms with Gasteiger partial charge in [0.2, 0.25) is 5.95 Å². The molecule has 2 rings (SSSR count). The number of rotatable bonds is 7. The van der Waals surface area contributed by atoms with E-state index in [-0.39, 0.29) is 6.61 Å². The van der Waals surface area contributed by atoms with Crippen molar-refractivity contribution in [2.45, 2.75) is 19.5 Å².